The van der Waals surface area contributed by atoms with Crippen LogP contribution in [-0.2, 0) is 6.54 Å². The molecular formula is C15H12BrClN2O2. The number of amides is 2. The standard InChI is InChI=1S/C15H12BrClN2O2/c16-12-7-11(4-5-13(12)17)15(21)19-8-9-2-1-3-10(6-9)14(18)20/h1-7H,8H2,(H2,18,20)(H,19,21). The second-order valence-corrected chi connectivity index (χ2v) is 5.64. The minimum Gasteiger partial charge on any atom is -0.366 e. The van der Waals surface area contributed by atoms with Crippen molar-refractivity contribution in [3.05, 3.63) is 68.7 Å². The number of hydrogen-bond acceptors (Lipinski definition) is 2. The normalized spacial score (nSPS) is 10.2. The van der Waals surface area contributed by atoms with Crippen molar-refractivity contribution >= 4 is 39.3 Å². The molecule has 2 rings (SSSR count). The van der Waals surface area contributed by atoms with Crippen molar-refractivity contribution in [2.45, 2.75) is 6.54 Å². The van der Waals surface area contributed by atoms with Crippen molar-refractivity contribution in [2.24, 2.45) is 5.73 Å². The molecule has 0 spiro atoms. The summed E-state index contributed by atoms with van der Waals surface area (Å²) in [5.74, 6) is -0.721. The van der Waals surface area contributed by atoms with Gasteiger partial charge < -0.3 is 11.1 Å². The van der Waals surface area contributed by atoms with Gasteiger partial charge in [-0.05, 0) is 51.8 Å². The van der Waals surface area contributed by atoms with E-state index in [9.17, 15) is 9.59 Å². The third-order valence-electron chi connectivity index (χ3n) is 2.85. The highest BCUT2D eigenvalue weighted by Gasteiger charge is 2.08. The van der Waals surface area contributed by atoms with Crippen LogP contribution in [-0.4, -0.2) is 11.8 Å². The molecule has 0 aliphatic rings. The van der Waals surface area contributed by atoms with Gasteiger partial charge in [-0.2, -0.15) is 0 Å². The van der Waals surface area contributed by atoms with Gasteiger partial charge in [0.1, 0.15) is 0 Å². The van der Waals surface area contributed by atoms with Crippen molar-refractivity contribution in [3.63, 3.8) is 0 Å². The lowest BCUT2D eigenvalue weighted by atomic mass is 10.1. The molecule has 0 fully saturated rings. The number of carbonyl (C=O) groups is 2. The molecule has 0 bridgehead atoms. The lowest BCUT2D eigenvalue weighted by Gasteiger charge is -2.07. The maximum Gasteiger partial charge on any atom is 0.251 e. The Morgan fingerprint density at radius 3 is 2.57 bits per heavy atom. The van der Waals surface area contributed by atoms with Crippen LogP contribution in [0.4, 0.5) is 0 Å². The Labute approximate surface area is 135 Å². The van der Waals surface area contributed by atoms with Crippen LogP contribution in [0.1, 0.15) is 26.3 Å². The van der Waals surface area contributed by atoms with Gasteiger partial charge in [-0.3, -0.25) is 9.59 Å². The molecule has 21 heavy (non-hydrogen) atoms. The van der Waals surface area contributed by atoms with Crippen LogP contribution in [0.2, 0.25) is 5.02 Å². The fourth-order valence-electron chi connectivity index (χ4n) is 1.76. The predicted octanol–water partition coefficient (Wildman–Crippen LogP) is 3.13. The number of carbonyl (C=O) groups excluding carboxylic acids is 2. The molecule has 0 aromatic heterocycles. The number of hydrogen-bond donors (Lipinski definition) is 2. The highest BCUT2D eigenvalue weighted by molar-refractivity contribution is 9.10. The van der Waals surface area contributed by atoms with Crippen LogP contribution in [0.3, 0.4) is 0 Å². The average molecular weight is 368 g/mol. The summed E-state index contributed by atoms with van der Waals surface area (Å²) >= 11 is 9.16. The maximum absolute atomic E-state index is 12.0. The van der Waals surface area contributed by atoms with Gasteiger partial charge in [0.15, 0.2) is 0 Å². The third-order valence-corrected chi connectivity index (χ3v) is 4.06. The highest BCUT2D eigenvalue weighted by atomic mass is 79.9. The second-order valence-electron chi connectivity index (χ2n) is 4.38. The van der Waals surface area contributed by atoms with Gasteiger partial charge >= 0.3 is 0 Å². The quantitative estimate of drug-likeness (QED) is 0.871. The maximum atomic E-state index is 12.0. The number of halogens is 2. The first-order chi connectivity index (χ1) is 9.97. The van der Waals surface area contributed by atoms with Gasteiger partial charge in [-0.25, -0.2) is 0 Å². The Hall–Kier alpha value is -1.85. The molecule has 2 aromatic rings. The largest absolute Gasteiger partial charge is 0.366 e. The fourth-order valence-corrected chi connectivity index (χ4v) is 2.25. The molecule has 4 nitrogen and oxygen atoms in total. The van der Waals surface area contributed by atoms with Crippen molar-refractivity contribution < 1.29 is 9.59 Å². The topological polar surface area (TPSA) is 72.2 Å². The Morgan fingerprint density at radius 2 is 1.90 bits per heavy atom. The zero-order valence-electron chi connectivity index (χ0n) is 10.9. The summed E-state index contributed by atoms with van der Waals surface area (Å²) in [7, 11) is 0. The van der Waals surface area contributed by atoms with E-state index in [1.807, 2.05) is 6.07 Å². The van der Waals surface area contributed by atoms with E-state index in [0.29, 0.717) is 27.2 Å². The number of rotatable bonds is 4. The molecule has 0 atom stereocenters. The van der Waals surface area contributed by atoms with Crippen molar-refractivity contribution in [1.29, 1.82) is 0 Å². The van der Waals surface area contributed by atoms with E-state index >= 15 is 0 Å². The van der Waals surface area contributed by atoms with Gasteiger partial charge in [0.05, 0.1) is 5.02 Å². The van der Waals surface area contributed by atoms with Crippen molar-refractivity contribution in [2.75, 3.05) is 0 Å². The van der Waals surface area contributed by atoms with Crippen LogP contribution in [0.15, 0.2) is 46.9 Å². The molecule has 2 aromatic carbocycles. The first kappa shape index (κ1) is 15.5. The van der Waals surface area contributed by atoms with Gasteiger partial charge in [-0.15, -0.1) is 0 Å². The molecule has 0 radical (unpaired) electrons. The van der Waals surface area contributed by atoms with Crippen LogP contribution in [0.25, 0.3) is 0 Å². The molecule has 2 amide bonds. The van der Waals surface area contributed by atoms with Crippen LogP contribution in [0.5, 0.6) is 0 Å². The third kappa shape index (κ3) is 4.06. The number of primary amides is 1. The first-order valence-electron chi connectivity index (χ1n) is 6.09. The Morgan fingerprint density at radius 1 is 1.14 bits per heavy atom. The Kier molecular flexibility index (Phi) is 4.98. The van der Waals surface area contributed by atoms with E-state index in [0.717, 1.165) is 5.56 Å². The predicted molar refractivity (Wildman–Crippen MR) is 85.3 cm³/mol. The molecule has 0 aliphatic heterocycles. The summed E-state index contributed by atoms with van der Waals surface area (Å²) in [6, 6.07) is 11.8. The molecular weight excluding hydrogens is 356 g/mol. The highest BCUT2D eigenvalue weighted by Crippen LogP contribution is 2.23. The minimum absolute atomic E-state index is 0.225. The van der Waals surface area contributed by atoms with E-state index in [1.165, 1.54) is 0 Å². The average Bonchev–Trinajstić information content (AvgIpc) is 2.48. The molecule has 108 valence electrons. The molecule has 3 N–H and O–H groups in total. The summed E-state index contributed by atoms with van der Waals surface area (Å²) in [5, 5.41) is 3.32. The summed E-state index contributed by atoms with van der Waals surface area (Å²) in [4.78, 5) is 23.1. The lowest BCUT2D eigenvalue weighted by molar-refractivity contribution is 0.0950. The molecule has 0 saturated heterocycles. The van der Waals surface area contributed by atoms with Gasteiger partial charge in [0.2, 0.25) is 5.91 Å². The Bertz CT molecular complexity index is 704. The number of nitrogens with one attached hydrogen (secondary N) is 1. The van der Waals surface area contributed by atoms with Crippen LogP contribution >= 0.6 is 27.5 Å². The zero-order valence-corrected chi connectivity index (χ0v) is 13.2. The summed E-state index contributed by atoms with van der Waals surface area (Å²) in [6.45, 7) is 0.306. The van der Waals surface area contributed by atoms with E-state index in [4.69, 9.17) is 17.3 Å². The van der Waals surface area contributed by atoms with E-state index < -0.39 is 5.91 Å². The SMILES string of the molecule is NC(=O)c1cccc(CNC(=O)c2ccc(Cl)c(Br)c2)c1. The molecule has 0 heterocycles. The monoisotopic (exact) mass is 366 g/mol. The molecule has 0 saturated carbocycles. The van der Waals surface area contributed by atoms with Crippen molar-refractivity contribution in [1.82, 2.24) is 5.32 Å². The van der Waals surface area contributed by atoms with Gasteiger partial charge in [0.25, 0.3) is 5.91 Å². The first-order valence-corrected chi connectivity index (χ1v) is 7.26. The number of benzene rings is 2. The minimum atomic E-state index is -0.496. The van der Waals surface area contributed by atoms with Crippen molar-refractivity contribution in [3.8, 4) is 0 Å². The fraction of sp³-hybridized carbons (Fsp3) is 0.0667. The zero-order chi connectivity index (χ0) is 15.4. The summed E-state index contributed by atoms with van der Waals surface area (Å²) in [5.41, 5.74) is 6.93. The molecule has 6 heteroatoms. The van der Waals surface area contributed by atoms with E-state index in [-0.39, 0.29) is 5.91 Å². The van der Waals surface area contributed by atoms with Gasteiger partial charge in [0, 0.05) is 22.1 Å². The Balaban J connectivity index is 2.05. The van der Waals surface area contributed by atoms with Crippen LogP contribution < -0.4 is 11.1 Å². The molecule has 0 unspecified atom stereocenters. The van der Waals surface area contributed by atoms with E-state index in [2.05, 4.69) is 21.2 Å². The van der Waals surface area contributed by atoms with Gasteiger partial charge in [-0.1, -0.05) is 23.7 Å². The summed E-state index contributed by atoms with van der Waals surface area (Å²) in [6.07, 6.45) is 0. The molecule has 0 aliphatic carbocycles. The summed E-state index contributed by atoms with van der Waals surface area (Å²) < 4.78 is 0.660. The number of nitrogens with two attached hydrogens (primary N) is 1. The second kappa shape index (κ2) is 6.74. The van der Waals surface area contributed by atoms with Crippen LogP contribution in [0, 0.1) is 0 Å². The lowest BCUT2D eigenvalue weighted by Crippen LogP contribution is -2.23. The smallest absolute Gasteiger partial charge is 0.251 e. The van der Waals surface area contributed by atoms with E-state index in [1.54, 1.807) is 36.4 Å².